The molecule has 78 heavy (non-hydrogen) atoms. The van der Waals surface area contributed by atoms with Crippen molar-refractivity contribution in [1.82, 2.24) is 15.2 Å². The smallest absolute Gasteiger partial charge is 0.309 e. The number of hydrogen-bond acceptors (Lipinski definition) is 16. The quantitative estimate of drug-likeness (QED) is 0.0903. The molecule has 3 saturated heterocycles. The van der Waals surface area contributed by atoms with Gasteiger partial charge in [-0.25, -0.2) is 4.39 Å². The van der Waals surface area contributed by atoms with E-state index in [2.05, 4.69) is 54.7 Å². The largest absolute Gasteiger partial charge is 0.459 e. The number of nitrogens with one attached hydrogen (secondary N) is 1. The number of amides is 1. The Morgan fingerprint density at radius 3 is 1.88 bits per heavy atom. The minimum Gasteiger partial charge on any atom is -0.459 e. The van der Waals surface area contributed by atoms with Gasteiger partial charge in [-0.1, -0.05) is 71.9 Å². The Bertz CT molecular complexity index is 1940. The highest BCUT2D eigenvalue weighted by Gasteiger charge is 2.47. The van der Waals surface area contributed by atoms with E-state index < -0.39 is 66.7 Å². The number of aliphatic hydroxyl groups excluding tert-OH is 4. The van der Waals surface area contributed by atoms with Crippen LogP contribution in [0.1, 0.15) is 139 Å². The molecule has 3 fully saturated rings. The molecule has 1 unspecified atom stereocenters. The number of benzene rings is 1. The molecule has 3 aliphatic heterocycles. The number of esters is 1. The van der Waals surface area contributed by atoms with Crippen LogP contribution in [0.25, 0.3) is 11.1 Å². The molecule has 0 spiro atoms. The number of ketones is 1. The summed E-state index contributed by atoms with van der Waals surface area (Å²) >= 11 is 0. The number of aromatic nitrogens is 1. The van der Waals surface area contributed by atoms with Crippen LogP contribution in [0.4, 0.5) is 4.39 Å². The van der Waals surface area contributed by atoms with Crippen LogP contribution in [0.15, 0.2) is 48.8 Å². The molecule has 16 atom stereocenters. The van der Waals surface area contributed by atoms with Gasteiger partial charge in [0.25, 0.3) is 0 Å². The molecule has 0 aliphatic carbocycles. The number of nitrogens with zero attached hydrogens (tertiary/aromatic N) is 2. The van der Waals surface area contributed by atoms with Gasteiger partial charge in [0.05, 0.1) is 35.9 Å². The molecular weight excluding hydrogens is 1010 g/mol. The highest BCUT2D eigenvalue weighted by molar-refractivity contribution is 5.83. The van der Waals surface area contributed by atoms with E-state index in [1.165, 1.54) is 14.0 Å². The number of ether oxygens (including phenoxy) is 5. The van der Waals surface area contributed by atoms with Crippen molar-refractivity contribution in [2.75, 3.05) is 41.6 Å². The summed E-state index contributed by atoms with van der Waals surface area (Å²) in [6.07, 6.45) is 21.2. The predicted octanol–water partition coefficient (Wildman–Crippen LogP) is 7.28. The molecule has 3 aliphatic rings. The van der Waals surface area contributed by atoms with Gasteiger partial charge in [-0.3, -0.25) is 19.4 Å². The molecule has 1 aromatic carbocycles. The first kappa shape index (κ1) is 75.4. The summed E-state index contributed by atoms with van der Waals surface area (Å²) in [6.45, 7) is 20.4. The fourth-order valence-electron chi connectivity index (χ4n) is 10.4. The first-order valence-corrected chi connectivity index (χ1v) is 26.7. The lowest BCUT2D eigenvalue weighted by atomic mass is 9.75. The van der Waals surface area contributed by atoms with E-state index in [-0.39, 0.29) is 54.1 Å². The number of carbonyl (C=O) groups is 4. The molecule has 4 heterocycles. The number of cyclic esters (lactones) is 1. The number of methoxy groups -OCH3 is 2. The average Bonchev–Trinajstić information content (AvgIpc) is 3.42. The zero-order chi connectivity index (χ0) is 60.5. The van der Waals surface area contributed by atoms with Crippen molar-refractivity contribution < 1.29 is 72.8 Å². The van der Waals surface area contributed by atoms with Crippen molar-refractivity contribution in [3.05, 3.63) is 54.4 Å². The van der Waals surface area contributed by atoms with Gasteiger partial charge < -0.3 is 64.2 Å². The first-order chi connectivity index (χ1) is 36.9. The molecule has 0 radical (unpaired) electrons. The van der Waals surface area contributed by atoms with Crippen LogP contribution in [0.3, 0.4) is 0 Å². The Hall–Kier alpha value is -4.70. The SMILES string of the molecule is C#C.C#C.C=O.CC[C@H]1OC(=O)[C@H](C)C[C@H](C)C[C@](C)(OC)C[C@@H](C)C(=O)[C@H](C)C(O)[C@]1(C)O.CO.CO[C@H](c1ccc(-c2cccnc2)cc1)[C@@H](CF)NC(=O)CCN(C)[C@H]1C[C@@H](C)O[C@@H](O)C1.C[C@@H]1C[C@H](C)O[C@@H](O)C1. The number of terminal acetylenes is 2. The second kappa shape index (κ2) is 39.6. The van der Waals surface area contributed by atoms with Crippen molar-refractivity contribution in [3.63, 3.8) is 0 Å². The van der Waals surface area contributed by atoms with E-state index in [0.717, 1.165) is 43.1 Å². The summed E-state index contributed by atoms with van der Waals surface area (Å²) in [7, 11) is 6.08. The monoisotopic (exact) mass is 1100 g/mol. The number of pyridine rings is 1. The lowest BCUT2D eigenvalue weighted by Crippen LogP contribution is -2.55. The summed E-state index contributed by atoms with van der Waals surface area (Å²) in [5.41, 5.74) is 0.540. The van der Waals surface area contributed by atoms with Crippen LogP contribution in [0, 0.1) is 55.3 Å². The number of rotatable bonds is 12. The third kappa shape index (κ3) is 25.6. The minimum atomic E-state index is -1.72. The van der Waals surface area contributed by atoms with Gasteiger partial charge in [-0.15, -0.1) is 25.7 Å². The number of halogens is 1. The molecule has 1 amide bonds. The Labute approximate surface area is 466 Å². The zero-order valence-corrected chi connectivity index (χ0v) is 49.2. The van der Waals surface area contributed by atoms with Crippen LogP contribution >= 0.6 is 0 Å². The van der Waals surface area contributed by atoms with Gasteiger partial charge in [0, 0.05) is 77.4 Å². The van der Waals surface area contributed by atoms with Crippen LogP contribution in [0.5, 0.6) is 0 Å². The maximum Gasteiger partial charge on any atom is 0.309 e. The van der Waals surface area contributed by atoms with Crippen LogP contribution in [0.2, 0.25) is 0 Å². The van der Waals surface area contributed by atoms with Crippen molar-refractivity contribution in [2.45, 2.75) is 193 Å². The van der Waals surface area contributed by atoms with Gasteiger partial charge in [0.1, 0.15) is 37.1 Å². The van der Waals surface area contributed by atoms with Gasteiger partial charge >= 0.3 is 5.97 Å². The summed E-state index contributed by atoms with van der Waals surface area (Å²) in [4.78, 5) is 52.3. The highest BCUT2D eigenvalue weighted by Crippen LogP contribution is 2.35. The molecular formula is C60H98FN3O14. The maximum absolute atomic E-state index is 13.9. The second-order valence-electron chi connectivity index (χ2n) is 21.0. The zero-order valence-electron chi connectivity index (χ0n) is 49.2. The second-order valence-corrected chi connectivity index (χ2v) is 21.0. The minimum absolute atomic E-state index is 0.0297. The van der Waals surface area contributed by atoms with Crippen molar-refractivity contribution >= 4 is 24.4 Å². The van der Waals surface area contributed by atoms with Crippen LogP contribution < -0.4 is 5.32 Å². The summed E-state index contributed by atoms with van der Waals surface area (Å²) in [6, 6.07) is 10.8. The maximum atomic E-state index is 13.9. The van der Waals surface area contributed by atoms with E-state index in [0.29, 0.717) is 44.6 Å². The Morgan fingerprint density at radius 2 is 1.41 bits per heavy atom. The Morgan fingerprint density at radius 1 is 0.846 bits per heavy atom. The molecule has 444 valence electrons. The molecule has 6 N–H and O–H groups in total. The van der Waals surface area contributed by atoms with Crippen molar-refractivity contribution in [2.24, 2.45) is 29.6 Å². The third-order valence-corrected chi connectivity index (χ3v) is 14.3. The van der Waals surface area contributed by atoms with Gasteiger partial charge in [-0.2, -0.15) is 0 Å². The lowest BCUT2D eigenvalue weighted by molar-refractivity contribution is -0.190. The number of aliphatic hydroxyl groups is 5. The average molecular weight is 1100 g/mol. The van der Waals surface area contributed by atoms with Crippen LogP contribution in [-0.2, 0) is 42.9 Å². The van der Waals surface area contributed by atoms with Gasteiger partial charge in [0.15, 0.2) is 12.6 Å². The molecule has 5 rings (SSSR count). The number of carbonyl (C=O) groups excluding carboxylic acids is 4. The van der Waals surface area contributed by atoms with E-state index in [1.807, 2.05) is 84.9 Å². The number of hydrogen-bond donors (Lipinski definition) is 6. The van der Waals surface area contributed by atoms with Crippen LogP contribution in [-0.4, -0.2) is 162 Å². The fraction of sp³-hybridized carbons (Fsp3) is 0.683. The molecule has 18 heteroatoms. The summed E-state index contributed by atoms with van der Waals surface area (Å²) < 4.78 is 41.3. The summed E-state index contributed by atoms with van der Waals surface area (Å²) in [5.74, 6) is -1.41. The predicted molar refractivity (Wildman–Crippen MR) is 302 cm³/mol. The number of alkyl halides is 1. The summed E-state index contributed by atoms with van der Waals surface area (Å²) in [5, 5.41) is 50.4. The third-order valence-electron chi connectivity index (χ3n) is 14.3. The molecule has 2 aromatic rings. The number of Topliss-reactive ketones (excluding diaryl/α,β-unsaturated/α-hetero) is 1. The van der Waals surface area contributed by atoms with E-state index in [9.17, 15) is 34.1 Å². The Balaban J connectivity index is 0. The molecule has 0 bridgehead atoms. The van der Waals surface area contributed by atoms with Gasteiger partial charge in [-0.05, 0) is 108 Å². The normalized spacial score (nSPS) is 31.0. The van der Waals surface area contributed by atoms with E-state index >= 15 is 0 Å². The fourth-order valence-corrected chi connectivity index (χ4v) is 10.4. The van der Waals surface area contributed by atoms with Crippen molar-refractivity contribution in [3.8, 4) is 36.8 Å². The molecule has 0 saturated carbocycles. The molecule has 17 nitrogen and oxygen atoms in total. The lowest BCUT2D eigenvalue weighted by Gasteiger charge is -2.40. The van der Waals surface area contributed by atoms with Crippen molar-refractivity contribution in [1.29, 1.82) is 0 Å². The van der Waals surface area contributed by atoms with Gasteiger partial charge in [0.2, 0.25) is 5.91 Å². The van der Waals surface area contributed by atoms with E-state index in [1.54, 1.807) is 33.4 Å². The topological polar surface area (TPSA) is 244 Å². The van der Waals surface area contributed by atoms with E-state index in [4.69, 9.17) is 38.7 Å². The Kier molecular flexibility index (Phi) is 38.3. The standard InChI is InChI=1S/C25H34FN3O4.C22H40O6.C7H14O2.2C2H2.CH4O.CH2O/c1-17-13-21(14-24(31)33-17)29(2)12-10-23(30)28-22(15-26)25(32-3)19-8-6-18(7-9-19)20-5-4-11-27-16-20;1-9-17-22(7,26)19(24)16(5)18(23)15(4)12-21(6,27-8)11-13(2)10-14(3)20(25)28-17;1-5-3-6(2)9-7(8)4-5;4*1-2/h4-9,11,16-17,21-22,24-25,31H,10,12-15H2,1-3H3,(H,28,30);13-17,19,24,26H,9-12H2,1-8H3;5-8H,3-4H2,1-2H3;2*1-2H;2H,1H3;1H2/t17-,21+,22-,24-,25-;13-,14+,15+,16-,17+,19?,21-,22+;5-,6+,7-;;;;/m101..../s1. The molecule has 1 aromatic heterocycles. The first-order valence-electron chi connectivity index (χ1n) is 26.7. The highest BCUT2D eigenvalue weighted by atomic mass is 19.1.